The highest BCUT2D eigenvalue weighted by molar-refractivity contribution is 5.77. The smallest absolute Gasteiger partial charge is 0.246 e. The maximum absolute atomic E-state index is 13.6. The van der Waals surface area contributed by atoms with Crippen LogP contribution in [0.4, 0.5) is 4.39 Å². The Balaban J connectivity index is 2.69. The Morgan fingerprint density at radius 2 is 2.06 bits per heavy atom. The summed E-state index contributed by atoms with van der Waals surface area (Å²) >= 11 is 0. The van der Waals surface area contributed by atoms with Gasteiger partial charge in [0, 0.05) is 19.1 Å². The molecule has 0 unspecified atom stereocenters. The largest absolute Gasteiger partial charge is 0.375 e. The van der Waals surface area contributed by atoms with Crippen molar-refractivity contribution in [1.29, 1.82) is 0 Å². The van der Waals surface area contributed by atoms with Crippen LogP contribution in [-0.2, 0) is 14.9 Å². The van der Waals surface area contributed by atoms with Gasteiger partial charge in [-0.25, -0.2) is 4.39 Å². The van der Waals surface area contributed by atoms with E-state index in [0.29, 0.717) is 12.1 Å². The highest BCUT2D eigenvalue weighted by Gasteiger charge is 2.24. The lowest BCUT2D eigenvalue weighted by molar-refractivity contribution is -0.124. The van der Waals surface area contributed by atoms with Crippen molar-refractivity contribution in [2.75, 3.05) is 20.3 Å². The van der Waals surface area contributed by atoms with Crippen LogP contribution in [0.15, 0.2) is 24.3 Å². The summed E-state index contributed by atoms with van der Waals surface area (Å²) in [6.45, 7) is 4.17. The molecular formula is C13H18FNO2. The summed E-state index contributed by atoms with van der Waals surface area (Å²) in [4.78, 5) is 11.3. The molecule has 0 atom stereocenters. The maximum Gasteiger partial charge on any atom is 0.246 e. The van der Waals surface area contributed by atoms with E-state index in [2.05, 4.69) is 5.32 Å². The van der Waals surface area contributed by atoms with Gasteiger partial charge in [-0.05, 0) is 11.6 Å². The number of nitrogens with one attached hydrogen (secondary N) is 1. The Kier molecular flexibility index (Phi) is 4.63. The lowest BCUT2D eigenvalue weighted by atomic mass is 9.84. The molecule has 1 rings (SSSR count). The van der Waals surface area contributed by atoms with Gasteiger partial charge in [-0.1, -0.05) is 32.0 Å². The van der Waals surface area contributed by atoms with Crippen molar-refractivity contribution in [3.05, 3.63) is 35.6 Å². The van der Waals surface area contributed by atoms with Crippen molar-refractivity contribution in [3.8, 4) is 0 Å². The molecule has 0 aliphatic rings. The molecule has 0 fully saturated rings. The second-order valence-electron chi connectivity index (χ2n) is 4.57. The van der Waals surface area contributed by atoms with Gasteiger partial charge < -0.3 is 10.1 Å². The summed E-state index contributed by atoms with van der Waals surface area (Å²) in [5.74, 6) is -0.449. The van der Waals surface area contributed by atoms with E-state index in [4.69, 9.17) is 4.74 Å². The number of hydrogen-bond donors (Lipinski definition) is 1. The molecule has 94 valence electrons. The predicted molar refractivity (Wildman–Crippen MR) is 64.3 cm³/mol. The van der Waals surface area contributed by atoms with E-state index in [1.807, 2.05) is 13.8 Å². The fourth-order valence-corrected chi connectivity index (χ4v) is 1.61. The molecule has 0 heterocycles. The molecule has 0 radical (unpaired) electrons. The average molecular weight is 239 g/mol. The lowest BCUT2D eigenvalue weighted by Crippen LogP contribution is -2.38. The van der Waals surface area contributed by atoms with Gasteiger partial charge in [0.05, 0.1) is 0 Å². The molecule has 0 aromatic heterocycles. The Hall–Kier alpha value is -1.42. The van der Waals surface area contributed by atoms with Crippen molar-refractivity contribution in [2.24, 2.45) is 0 Å². The Morgan fingerprint density at radius 3 is 2.65 bits per heavy atom. The minimum absolute atomic E-state index is 0.0212. The van der Waals surface area contributed by atoms with Crippen LogP contribution in [-0.4, -0.2) is 26.2 Å². The van der Waals surface area contributed by atoms with Crippen molar-refractivity contribution in [2.45, 2.75) is 19.3 Å². The second-order valence-corrected chi connectivity index (χ2v) is 4.57. The van der Waals surface area contributed by atoms with Crippen LogP contribution in [0, 0.1) is 5.82 Å². The first-order valence-corrected chi connectivity index (χ1v) is 5.48. The molecule has 17 heavy (non-hydrogen) atoms. The van der Waals surface area contributed by atoms with Crippen LogP contribution in [0.25, 0.3) is 0 Å². The fourth-order valence-electron chi connectivity index (χ4n) is 1.61. The molecular weight excluding hydrogens is 221 g/mol. The molecule has 4 heteroatoms. The standard InChI is InChI=1S/C13H18FNO2/c1-13(2,9-15-12(16)8-17-3)10-6-4-5-7-11(10)14/h4-7H,8-9H2,1-3H3,(H,15,16). The number of amides is 1. The van der Waals surface area contributed by atoms with E-state index >= 15 is 0 Å². The van der Waals surface area contributed by atoms with Crippen molar-refractivity contribution < 1.29 is 13.9 Å². The van der Waals surface area contributed by atoms with Crippen molar-refractivity contribution in [1.82, 2.24) is 5.32 Å². The van der Waals surface area contributed by atoms with E-state index in [0.717, 1.165) is 0 Å². The van der Waals surface area contributed by atoms with Crippen molar-refractivity contribution >= 4 is 5.91 Å². The van der Waals surface area contributed by atoms with Gasteiger partial charge in [0.15, 0.2) is 0 Å². The van der Waals surface area contributed by atoms with Crippen LogP contribution < -0.4 is 5.32 Å². The Morgan fingerprint density at radius 1 is 1.41 bits per heavy atom. The molecule has 1 aromatic rings. The Labute approximate surface area is 101 Å². The minimum atomic E-state index is -0.450. The van der Waals surface area contributed by atoms with E-state index in [1.165, 1.54) is 13.2 Å². The van der Waals surface area contributed by atoms with Crippen LogP contribution in [0.3, 0.4) is 0 Å². The molecule has 0 spiro atoms. The summed E-state index contributed by atoms with van der Waals surface area (Å²) in [5, 5.41) is 2.72. The Bertz CT molecular complexity index is 391. The maximum atomic E-state index is 13.6. The third-order valence-electron chi connectivity index (χ3n) is 2.61. The number of carbonyl (C=O) groups is 1. The molecule has 3 nitrogen and oxygen atoms in total. The van der Waals surface area contributed by atoms with Gasteiger partial charge in [0.2, 0.25) is 5.91 Å². The SMILES string of the molecule is COCC(=O)NCC(C)(C)c1ccccc1F. The average Bonchev–Trinajstić information content (AvgIpc) is 2.27. The normalized spacial score (nSPS) is 11.3. The zero-order valence-electron chi connectivity index (χ0n) is 10.4. The monoisotopic (exact) mass is 239 g/mol. The number of halogens is 1. The van der Waals surface area contributed by atoms with Crippen LogP contribution in [0.1, 0.15) is 19.4 Å². The molecule has 1 aromatic carbocycles. The third kappa shape index (κ3) is 3.82. The molecule has 1 amide bonds. The first-order chi connectivity index (χ1) is 7.97. The molecule has 0 saturated carbocycles. The van der Waals surface area contributed by atoms with E-state index < -0.39 is 5.41 Å². The van der Waals surface area contributed by atoms with Gasteiger partial charge in [-0.15, -0.1) is 0 Å². The topological polar surface area (TPSA) is 38.3 Å². The van der Waals surface area contributed by atoms with Crippen LogP contribution >= 0.6 is 0 Å². The van der Waals surface area contributed by atoms with Gasteiger partial charge in [0.1, 0.15) is 12.4 Å². The van der Waals surface area contributed by atoms with E-state index in [-0.39, 0.29) is 18.3 Å². The molecule has 0 bridgehead atoms. The highest BCUT2D eigenvalue weighted by atomic mass is 19.1. The van der Waals surface area contributed by atoms with E-state index in [9.17, 15) is 9.18 Å². The summed E-state index contributed by atoms with van der Waals surface area (Å²) < 4.78 is 18.3. The van der Waals surface area contributed by atoms with Crippen molar-refractivity contribution in [3.63, 3.8) is 0 Å². The summed E-state index contributed by atoms with van der Waals surface area (Å²) in [5.41, 5.74) is 0.145. The molecule has 0 aliphatic carbocycles. The number of benzene rings is 1. The molecule has 0 aliphatic heterocycles. The van der Waals surface area contributed by atoms with Gasteiger partial charge in [-0.2, -0.15) is 0 Å². The molecule has 1 N–H and O–H groups in total. The number of ether oxygens (including phenoxy) is 1. The summed E-state index contributed by atoms with van der Waals surface area (Å²) in [6, 6.07) is 6.60. The first-order valence-electron chi connectivity index (χ1n) is 5.48. The van der Waals surface area contributed by atoms with Crippen LogP contribution in [0.2, 0.25) is 0 Å². The summed E-state index contributed by atoms with van der Waals surface area (Å²) in [7, 11) is 1.46. The third-order valence-corrected chi connectivity index (χ3v) is 2.61. The molecule has 0 saturated heterocycles. The number of rotatable bonds is 5. The zero-order chi connectivity index (χ0) is 12.9. The lowest BCUT2D eigenvalue weighted by Gasteiger charge is -2.26. The number of methoxy groups -OCH3 is 1. The minimum Gasteiger partial charge on any atom is -0.375 e. The van der Waals surface area contributed by atoms with E-state index in [1.54, 1.807) is 18.2 Å². The first kappa shape index (κ1) is 13.6. The zero-order valence-corrected chi connectivity index (χ0v) is 10.4. The van der Waals surface area contributed by atoms with Gasteiger partial charge in [0.25, 0.3) is 0 Å². The van der Waals surface area contributed by atoms with Gasteiger partial charge in [-0.3, -0.25) is 4.79 Å². The fraction of sp³-hybridized carbons (Fsp3) is 0.462. The highest BCUT2D eigenvalue weighted by Crippen LogP contribution is 2.24. The second kappa shape index (κ2) is 5.77. The quantitative estimate of drug-likeness (QED) is 0.851. The number of hydrogen-bond acceptors (Lipinski definition) is 2. The number of carbonyl (C=O) groups excluding carboxylic acids is 1. The van der Waals surface area contributed by atoms with Crippen LogP contribution in [0.5, 0.6) is 0 Å². The predicted octanol–water partition coefficient (Wildman–Crippen LogP) is 1.87. The summed E-state index contributed by atoms with van der Waals surface area (Å²) in [6.07, 6.45) is 0. The van der Waals surface area contributed by atoms with Gasteiger partial charge >= 0.3 is 0 Å².